The quantitative estimate of drug-likeness (QED) is 0.336. The largest absolute Gasteiger partial charge is 0.394 e. The van der Waals surface area contributed by atoms with Gasteiger partial charge in [0.1, 0.15) is 0 Å². The SMILES string of the molecule is CC(CC(C)(C)NCC(O)C(N)CCN)=NCCO. The van der Waals surface area contributed by atoms with E-state index in [0.29, 0.717) is 26.1 Å². The third-order valence-electron chi connectivity index (χ3n) is 2.96. The fourth-order valence-electron chi connectivity index (χ4n) is 1.92. The van der Waals surface area contributed by atoms with Crippen LogP contribution in [0.5, 0.6) is 0 Å². The lowest BCUT2D eigenvalue weighted by molar-refractivity contribution is 0.129. The van der Waals surface area contributed by atoms with E-state index in [0.717, 1.165) is 12.1 Å². The van der Waals surface area contributed by atoms with Gasteiger partial charge in [0.15, 0.2) is 0 Å². The summed E-state index contributed by atoms with van der Waals surface area (Å²) in [6.07, 6.45) is 0.768. The van der Waals surface area contributed by atoms with Crippen molar-refractivity contribution in [3.8, 4) is 0 Å². The van der Waals surface area contributed by atoms with E-state index in [-0.39, 0.29) is 18.2 Å². The van der Waals surface area contributed by atoms with Crippen molar-refractivity contribution in [1.29, 1.82) is 0 Å². The summed E-state index contributed by atoms with van der Waals surface area (Å²) >= 11 is 0. The second-order valence-corrected chi connectivity index (χ2v) is 5.59. The second-order valence-electron chi connectivity index (χ2n) is 5.59. The Morgan fingerprint density at radius 2 is 2.05 bits per heavy atom. The molecule has 0 aromatic carbocycles. The Labute approximate surface area is 116 Å². The zero-order valence-electron chi connectivity index (χ0n) is 12.4. The monoisotopic (exact) mass is 274 g/mol. The van der Waals surface area contributed by atoms with Gasteiger partial charge >= 0.3 is 0 Å². The normalized spacial score (nSPS) is 16.5. The third-order valence-corrected chi connectivity index (χ3v) is 2.96. The molecule has 0 aromatic heterocycles. The summed E-state index contributed by atoms with van der Waals surface area (Å²) < 4.78 is 0. The highest BCUT2D eigenvalue weighted by molar-refractivity contribution is 5.82. The molecule has 0 amide bonds. The van der Waals surface area contributed by atoms with Gasteiger partial charge in [-0.05, 0) is 33.7 Å². The van der Waals surface area contributed by atoms with Crippen LogP contribution in [0.4, 0.5) is 0 Å². The molecular weight excluding hydrogens is 244 g/mol. The Morgan fingerprint density at radius 3 is 2.58 bits per heavy atom. The van der Waals surface area contributed by atoms with Gasteiger partial charge in [-0.3, -0.25) is 4.99 Å². The summed E-state index contributed by atoms with van der Waals surface area (Å²) in [5.74, 6) is 0. The molecule has 0 spiro atoms. The summed E-state index contributed by atoms with van der Waals surface area (Å²) in [6, 6.07) is -0.294. The number of nitrogens with two attached hydrogens (primary N) is 2. The first-order chi connectivity index (χ1) is 8.82. The van der Waals surface area contributed by atoms with Crippen molar-refractivity contribution in [1.82, 2.24) is 5.32 Å². The Hall–Kier alpha value is -0.530. The summed E-state index contributed by atoms with van der Waals surface area (Å²) in [7, 11) is 0. The predicted octanol–water partition coefficient (Wildman–Crippen LogP) is -0.765. The van der Waals surface area contributed by atoms with Gasteiger partial charge in [-0.2, -0.15) is 0 Å². The minimum atomic E-state index is -0.600. The van der Waals surface area contributed by atoms with E-state index in [9.17, 15) is 5.11 Å². The second kappa shape index (κ2) is 9.39. The molecule has 0 aliphatic carbocycles. The number of rotatable bonds is 10. The van der Waals surface area contributed by atoms with E-state index in [1.54, 1.807) is 0 Å². The molecule has 0 fully saturated rings. The van der Waals surface area contributed by atoms with Gasteiger partial charge in [-0.25, -0.2) is 0 Å². The molecule has 7 N–H and O–H groups in total. The molecule has 0 saturated carbocycles. The van der Waals surface area contributed by atoms with Crippen molar-refractivity contribution in [3.05, 3.63) is 0 Å². The molecule has 0 saturated heterocycles. The van der Waals surface area contributed by atoms with Crippen LogP contribution in [0.1, 0.15) is 33.6 Å². The predicted molar refractivity (Wildman–Crippen MR) is 79.4 cm³/mol. The molecule has 0 aliphatic heterocycles. The maximum atomic E-state index is 9.88. The van der Waals surface area contributed by atoms with E-state index >= 15 is 0 Å². The molecule has 114 valence electrons. The summed E-state index contributed by atoms with van der Waals surface area (Å²) in [5.41, 5.74) is 12.0. The lowest BCUT2D eigenvalue weighted by Crippen LogP contribution is -2.49. The van der Waals surface area contributed by atoms with Crippen molar-refractivity contribution in [2.75, 3.05) is 26.2 Å². The number of aliphatic hydroxyl groups is 2. The maximum absolute atomic E-state index is 9.88. The molecular formula is C13H30N4O2. The third kappa shape index (κ3) is 9.07. The molecule has 2 atom stereocenters. The smallest absolute Gasteiger partial charge is 0.0815 e. The molecule has 0 heterocycles. The van der Waals surface area contributed by atoms with E-state index in [2.05, 4.69) is 10.3 Å². The van der Waals surface area contributed by atoms with Crippen molar-refractivity contribution in [2.45, 2.75) is 51.3 Å². The fourth-order valence-corrected chi connectivity index (χ4v) is 1.92. The van der Waals surface area contributed by atoms with Crippen LogP contribution in [-0.2, 0) is 0 Å². The minimum Gasteiger partial charge on any atom is -0.394 e. The molecule has 6 nitrogen and oxygen atoms in total. The Morgan fingerprint density at radius 1 is 1.42 bits per heavy atom. The summed E-state index contributed by atoms with van der Waals surface area (Å²) in [5, 5.41) is 21.9. The van der Waals surface area contributed by atoms with Crippen LogP contribution in [0.25, 0.3) is 0 Å². The van der Waals surface area contributed by atoms with Gasteiger partial charge in [0.05, 0.1) is 19.3 Å². The van der Waals surface area contributed by atoms with Gasteiger partial charge in [-0.1, -0.05) is 0 Å². The van der Waals surface area contributed by atoms with E-state index in [1.165, 1.54) is 0 Å². The van der Waals surface area contributed by atoms with Crippen molar-refractivity contribution in [3.63, 3.8) is 0 Å². The highest BCUT2D eigenvalue weighted by atomic mass is 16.3. The van der Waals surface area contributed by atoms with E-state index in [4.69, 9.17) is 16.6 Å². The Bertz CT molecular complexity index is 269. The number of nitrogens with one attached hydrogen (secondary N) is 1. The first-order valence-electron chi connectivity index (χ1n) is 6.82. The van der Waals surface area contributed by atoms with Crippen molar-refractivity contribution < 1.29 is 10.2 Å². The fraction of sp³-hybridized carbons (Fsp3) is 0.923. The van der Waals surface area contributed by atoms with Crippen molar-refractivity contribution >= 4 is 5.71 Å². The van der Waals surface area contributed by atoms with Crippen LogP contribution in [-0.4, -0.2) is 59.9 Å². The van der Waals surface area contributed by atoms with Crippen LogP contribution in [0.15, 0.2) is 4.99 Å². The highest BCUT2D eigenvalue weighted by Crippen LogP contribution is 2.10. The molecule has 0 rings (SSSR count). The number of hydrogen-bond donors (Lipinski definition) is 5. The highest BCUT2D eigenvalue weighted by Gasteiger charge is 2.21. The number of β-amino-alcohol motifs (C(OH)–C–C–N with tert-alkyl or cyclic N) is 1. The molecule has 0 radical (unpaired) electrons. The first kappa shape index (κ1) is 18.5. The summed E-state index contributed by atoms with van der Waals surface area (Å²) in [4.78, 5) is 4.24. The van der Waals surface area contributed by atoms with Crippen LogP contribution >= 0.6 is 0 Å². The number of aliphatic hydroxyl groups excluding tert-OH is 2. The molecule has 19 heavy (non-hydrogen) atoms. The zero-order chi connectivity index (χ0) is 14.9. The number of nitrogens with zero attached hydrogens (tertiary/aromatic N) is 1. The topological polar surface area (TPSA) is 117 Å². The number of aliphatic imine (C=N–C) groups is 1. The van der Waals surface area contributed by atoms with E-state index in [1.807, 2.05) is 20.8 Å². The van der Waals surface area contributed by atoms with Crippen LogP contribution in [0.3, 0.4) is 0 Å². The van der Waals surface area contributed by atoms with Crippen LogP contribution in [0, 0.1) is 0 Å². The Balaban J connectivity index is 4.15. The van der Waals surface area contributed by atoms with Crippen LogP contribution in [0.2, 0.25) is 0 Å². The van der Waals surface area contributed by atoms with Gasteiger partial charge in [0.2, 0.25) is 0 Å². The van der Waals surface area contributed by atoms with Crippen molar-refractivity contribution in [2.24, 2.45) is 16.5 Å². The molecule has 0 aromatic rings. The molecule has 0 aliphatic rings. The van der Waals surface area contributed by atoms with Gasteiger partial charge in [0.25, 0.3) is 0 Å². The molecule has 6 heteroatoms. The average molecular weight is 274 g/mol. The van der Waals surface area contributed by atoms with Crippen LogP contribution < -0.4 is 16.8 Å². The number of hydrogen-bond acceptors (Lipinski definition) is 6. The first-order valence-corrected chi connectivity index (χ1v) is 6.82. The lowest BCUT2D eigenvalue weighted by Gasteiger charge is -2.29. The van der Waals surface area contributed by atoms with Gasteiger partial charge < -0.3 is 27.0 Å². The Kier molecular flexibility index (Phi) is 9.12. The van der Waals surface area contributed by atoms with Gasteiger partial charge in [0, 0.05) is 30.3 Å². The summed E-state index contributed by atoms with van der Waals surface area (Å²) in [6.45, 7) is 7.45. The molecule has 2 unspecified atom stereocenters. The maximum Gasteiger partial charge on any atom is 0.0815 e. The lowest BCUT2D eigenvalue weighted by atomic mass is 9.96. The average Bonchev–Trinajstić information content (AvgIpc) is 2.33. The zero-order valence-corrected chi connectivity index (χ0v) is 12.4. The minimum absolute atomic E-state index is 0.0673. The molecule has 0 bridgehead atoms. The van der Waals surface area contributed by atoms with E-state index < -0.39 is 6.10 Å². The standard InChI is InChI=1S/C13H30N4O2/c1-10(16-6-7-18)8-13(2,3)17-9-12(19)11(15)4-5-14/h11-12,17-19H,4-9,14-15H2,1-3H3. The van der Waals surface area contributed by atoms with Gasteiger partial charge in [-0.15, -0.1) is 0 Å².